The van der Waals surface area contributed by atoms with Crippen molar-refractivity contribution in [1.29, 1.82) is 0 Å². The maximum absolute atomic E-state index is 5.79. The molecule has 1 aliphatic rings. The first-order valence-corrected chi connectivity index (χ1v) is 10.3. The van der Waals surface area contributed by atoms with Gasteiger partial charge in [-0.05, 0) is 52.1 Å². The number of hydrogen-bond acceptors (Lipinski definition) is 4. The highest BCUT2D eigenvalue weighted by molar-refractivity contribution is 8.00. The van der Waals surface area contributed by atoms with Crippen molar-refractivity contribution in [3.8, 4) is 5.75 Å². The van der Waals surface area contributed by atoms with Crippen LogP contribution in [0.3, 0.4) is 0 Å². The quantitative estimate of drug-likeness (QED) is 0.449. The molecule has 6 heteroatoms. The number of thioether (sulfide) groups is 1. The van der Waals surface area contributed by atoms with Crippen molar-refractivity contribution >= 4 is 17.7 Å². The molecule has 1 fully saturated rings. The van der Waals surface area contributed by atoms with Crippen molar-refractivity contribution in [2.24, 2.45) is 4.99 Å². The van der Waals surface area contributed by atoms with Crippen LogP contribution in [0.4, 0.5) is 0 Å². The molecule has 1 aromatic rings. The van der Waals surface area contributed by atoms with Gasteiger partial charge in [0.25, 0.3) is 0 Å². The van der Waals surface area contributed by atoms with Crippen molar-refractivity contribution in [3.63, 3.8) is 0 Å². The average molecular weight is 379 g/mol. The van der Waals surface area contributed by atoms with E-state index >= 15 is 0 Å². The predicted molar refractivity (Wildman–Crippen MR) is 113 cm³/mol. The van der Waals surface area contributed by atoms with Gasteiger partial charge in [0.05, 0.1) is 6.61 Å². The molecule has 1 N–H and O–H groups in total. The van der Waals surface area contributed by atoms with Gasteiger partial charge in [0.2, 0.25) is 0 Å². The first-order valence-electron chi connectivity index (χ1n) is 9.36. The zero-order valence-electron chi connectivity index (χ0n) is 16.9. The van der Waals surface area contributed by atoms with Crippen LogP contribution < -0.4 is 10.1 Å². The fourth-order valence-electron chi connectivity index (χ4n) is 2.98. The lowest BCUT2D eigenvalue weighted by Crippen LogP contribution is -2.50. The normalized spacial score (nSPS) is 17.5. The summed E-state index contributed by atoms with van der Waals surface area (Å²) in [5.41, 5.74) is 1.23. The van der Waals surface area contributed by atoms with E-state index in [4.69, 9.17) is 4.74 Å². The SMILES string of the molecule is CN=C(NCc1ccc(OCCCN(C)C)cc1)N1CCSC(C)(C)C1. The smallest absolute Gasteiger partial charge is 0.193 e. The van der Waals surface area contributed by atoms with E-state index in [-0.39, 0.29) is 4.75 Å². The van der Waals surface area contributed by atoms with E-state index in [1.54, 1.807) is 0 Å². The van der Waals surface area contributed by atoms with Gasteiger partial charge in [-0.15, -0.1) is 0 Å². The molecule has 26 heavy (non-hydrogen) atoms. The molecule has 0 amide bonds. The van der Waals surface area contributed by atoms with E-state index in [0.717, 1.165) is 56.7 Å². The van der Waals surface area contributed by atoms with Crippen molar-refractivity contribution < 1.29 is 4.74 Å². The number of benzene rings is 1. The maximum atomic E-state index is 5.79. The van der Waals surface area contributed by atoms with Crippen molar-refractivity contribution in [2.75, 3.05) is 53.1 Å². The summed E-state index contributed by atoms with van der Waals surface area (Å²) < 4.78 is 6.07. The van der Waals surface area contributed by atoms with Gasteiger partial charge in [-0.1, -0.05) is 12.1 Å². The molecule has 2 rings (SSSR count). The number of nitrogens with zero attached hydrogens (tertiary/aromatic N) is 3. The van der Waals surface area contributed by atoms with Crippen LogP contribution in [0.15, 0.2) is 29.3 Å². The highest BCUT2D eigenvalue weighted by Crippen LogP contribution is 2.29. The molecule has 146 valence electrons. The van der Waals surface area contributed by atoms with E-state index < -0.39 is 0 Å². The van der Waals surface area contributed by atoms with Gasteiger partial charge in [-0.3, -0.25) is 4.99 Å². The number of hydrogen-bond donors (Lipinski definition) is 1. The van der Waals surface area contributed by atoms with Gasteiger partial charge < -0.3 is 19.9 Å². The van der Waals surface area contributed by atoms with Crippen LogP contribution in [0.5, 0.6) is 5.75 Å². The third-order valence-electron chi connectivity index (χ3n) is 4.33. The molecule has 0 aromatic heterocycles. The fraction of sp³-hybridized carbons (Fsp3) is 0.650. The van der Waals surface area contributed by atoms with E-state index in [2.05, 4.69) is 72.3 Å². The molecule has 5 nitrogen and oxygen atoms in total. The molecule has 0 atom stereocenters. The lowest BCUT2D eigenvalue weighted by Gasteiger charge is -2.39. The van der Waals surface area contributed by atoms with Crippen molar-refractivity contribution in [2.45, 2.75) is 31.6 Å². The standard InChI is InChI=1S/C20H34N4OS/c1-20(2)16-24(12-14-26-20)19(21-3)22-15-17-7-9-18(10-8-17)25-13-6-11-23(4)5/h7-10H,6,11-16H2,1-5H3,(H,21,22). The monoisotopic (exact) mass is 378 g/mol. The molecule has 1 heterocycles. The summed E-state index contributed by atoms with van der Waals surface area (Å²) in [5.74, 6) is 3.07. The summed E-state index contributed by atoms with van der Waals surface area (Å²) in [6.45, 7) is 9.25. The summed E-state index contributed by atoms with van der Waals surface area (Å²) in [6.07, 6.45) is 1.04. The van der Waals surface area contributed by atoms with Crippen molar-refractivity contribution in [3.05, 3.63) is 29.8 Å². The van der Waals surface area contributed by atoms with Gasteiger partial charge in [0.1, 0.15) is 5.75 Å². The fourth-order valence-corrected chi connectivity index (χ4v) is 4.10. The average Bonchev–Trinajstić information content (AvgIpc) is 2.59. The minimum atomic E-state index is 0.279. The van der Waals surface area contributed by atoms with E-state index in [0.29, 0.717) is 0 Å². The Hall–Kier alpha value is -1.40. The number of nitrogens with one attached hydrogen (secondary N) is 1. The Morgan fingerprint density at radius 1 is 1.31 bits per heavy atom. The lowest BCUT2D eigenvalue weighted by atomic mass is 10.2. The number of rotatable bonds is 7. The lowest BCUT2D eigenvalue weighted by molar-refractivity contribution is 0.281. The van der Waals surface area contributed by atoms with Gasteiger partial charge in [-0.25, -0.2) is 0 Å². The van der Waals surface area contributed by atoms with Crippen LogP contribution >= 0.6 is 11.8 Å². The Labute approximate surface area is 163 Å². The predicted octanol–water partition coefficient (Wildman–Crippen LogP) is 2.92. The van der Waals surface area contributed by atoms with Crippen LogP contribution in [-0.2, 0) is 6.54 Å². The Bertz CT molecular complexity index is 572. The summed E-state index contributed by atoms with van der Waals surface area (Å²) in [6, 6.07) is 8.35. The van der Waals surface area contributed by atoms with Crippen molar-refractivity contribution in [1.82, 2.24) is 15.1 Å². The first kappa shape index (κ1) is 20.9. The Morgan fingerprint density at radius 3 is 2.65 bits per heavy atom. The maximum Gasteiger partial charge on any atom is 0.193 e. The minimum Gasteiger partial charge on any atom is -0.494 e. The molecule has 0 radical (unpaired) electrons. The van der Waals surface area contributed by atoms with Gasteiger partial charge in [-0.2, -0.15) is 11.8 Å². The van der Waals surface area contributed by atoms with E-state index in [1.807, 2.05) is 18.8 Å². The third kappa shape index (κ3) is 7.08. The zero-order valence-corrected chi connectivity index (χ0v) is 17.7. The molecule has 0 unspecified atom stereocenters. The minimum absolute atomic E-state index is 0.279. The number of aliphatic imine (C=N–C) groups is 1. The molecule has 0 bridgehead atoms. The second-order valence-electron chi connectivity index (χ2n) is 7.58. The Balaban J connectivity index is 1.79. The largest absolute Gasteiger partial charge is 0.494 e. The van der Waals surface area contributed by atoms with E-state index in [9.17, 15) is 0 Å². The second kappa shape index (κ2) is 10.1. The highest BCUT2D eigenvalue weighted by atomic mass is 32.2. The zero-order chi connectivity index (χ0) is 19.0. The van der Waals surface area contributed by atoms with Gasteiger partial charge in [0, 0.05) is 43.7 Å². The molecule has 1 aromatic carbocycles. The summed E-state index contributed by atoms with van der Waals surface area (Å²) >= 11 is 2.04. The molecule has 0 spiro atoms. The van der Waals surface area contributed by atoms with Crippen LogP contribution in [0.25, 0.3) is 0 Å². The van der Waals surface area contributed by atoms with Crippen LogP contribution in [0.1, 0.15) is 25.8 Å². The third-order valence-corrected chi connectivity index (χ3v) is 5.63. The molecule has 1 saturated heterocycles. The summed E-state index contributed by atoms with van der Waals surface area (Å²) in [4.78, 5) is 9.00. The van der Waals surface area contributed by atoms with Crippen LogP contribution in [0.2, 0.25) is 0 Å². The molecule has 0 aliphatic carbocycles. The Morgan fingerprint density at radius 2 is 2.04 bits per heavy atom. The van der Waals surface area contributed by atoms with Gasteiger partial charge >= 0.3 is 0 Å². The topological polar surface area (TPSA) is 40.1 Å². The van der Waals surface area contributed by atoms with E-state index in [1.165, 1.54) is 5.56 Å². The first-order chi connectivity index (χ1) is 12.4. The van der Waals surface area contributed by atoms with Crippen LogP contribution in [0, 0.1) is 0 Å². The van der Waals surface area contributed by atoms with Crippen LogP contribution in [-0.4, -0.2) is 73.6 Å². The Kier molecular flexibility index (Phi) is 8.10. The second-order valence-corrected chi connectivity index (χ2v) is 9.38. The number of ether oxygens (including phenoxy) is 1. The van der Waals surface area contributed by atoms with Gasteiger partial charge in [0.15, 0.2) is 5.96 Å². The molecular weight excluding hydrogens is 344 g/mol. The molecule has 1 aliphatic heterocycles. The molecule has 0 saturated carbocycles. The summed E-state index contributed by atoms with van der Waals surface area (Å²) in [7, 11) is 6.03. The highest BCUT2D eigenvalue weighted by Gasteiger charge is 2.28. The molecular formula is C20H34N4OS. The summed E-state index contributed by atoms with van der Waals surface area (Å²) in [5, 5.41) is 3.50. The number of guanidine groups is 1.